The van der Waals surface area contributed by atoms with Crippen LogP contribution < -0.4 is 14.8 Å². The van der Waals surface area contributed by atoms with Crippen molar-refractivity contribution in [3.8, 4) is 27.9 Å². The number of aromatic nitrogens is 3. The third-order valence-electron chi connectivity index (χ3n) is 5.12. The van der Waals surface area contributed by atoms with Crippen molar-refractivity contribution >= 4 is 28.3 Å². The van der Waals surface area contributed by atoms with Gasteiger partial charge in [0, 0.05) is 23.7 Å². The summed E-state index contributed by atoms with van der Waals surface area (Å²) in [6.07, 6.45) is 2.55. The molecule has 1 atom stereocenters. The van der Waals surface area contributed by atoms with Gasteiger partial charge in [0.25, 0.3) is 5.91 Å². The molecule has 7 nitrogen and oxygen atoms in total. The van der Waals surface area contributed by atoms with E-state index >= 15 is 0 Å². The molecule has 0 aliphatic rings. The fourth-order valence-corrected chi connectivity index (χ4v) is 4.21. The molecule has 0 spiro atoms. The monoisotopic (exact) mass is 436 g/mol. The van der Waals surface area contributed by atoms with E-state index in [1.807, 2.05) is 60.9 Å². The van der Waals surface area contributed by atoms with Crippen LogP contribution in [0, 0.1) is 0 Å². The maximum atomic E-state index is 13.0. The van der Waals surface area contributed by atoms with Gasteiger partial charge < -0.3 is 14.8 Å². The molecule has 31 heavy (non-hydrogen) atoms. The van der Waals surface area contributed by atoms with Crippen LogP contribution in [0.25, 0.3) is 27.4 Å². The van der Waals surface area contributed by atoms with Crippen LogP contribution in [0.2, 0.25) is 0 Å². The zero-order valence-electron chi connectivity index (χ0n) is 17.9. The zero-order valence-corrected chi connectivity index (χ0v) is 18.7. The predicted molar refractivity (Wildman–Crippen MR) is 123 cm³/mol. The van der Waals surface area contributed by atoms with Crippen molar-refractivity contribution in [2.45, 2.75) is 26.3 Å². The summed E-state index contributed by atoms with van der Waals surface area (Å²) >= 11 is 1.34. The Balaban J connectivity index is 1.85. The van der Waals surface area contributed by atoms with Crippen molar-refractivity contribution in [3.63, 3.8) is 0 Å². The molecule has 0 bridgehead atoms. The number of methoxy groups -OCH3 is 2. The van der Waals surface area contributed by atoms with E-state index in [-0.39, 0.29) is 11.9 Å². The average Bonchev–Trinajstić information content (AvgIpc) is 3.42. The number of nitrogens with zero attached hydrogens (tertiary/aromatic N) is 3. The van der Waals surface area contributed by atoms with E-state index in [1.165, 1.54) is 11.3 Å². The zero-order chi connectivity index (χ0) is 22.0. The molecule has 8 heteroatoms. The number of benzene rings is 2. The van der Waals surface area contributed by atoms with Crippen LogP contribution >= 0.6 is 11.3 Å². The minimum absolute atomic E-state index is 0.0764. The second-order valence-corrected chi connectivity index (χ2v) is 8.11. The number of ether oxygens (including phenoxy) is 2. The lowest BCUT2D eigenvalue weighted by atomic mass is 10.1. The van der Waals surface area contributed by atoms with Gasteiger partial charge in [0.1, 0.15) is 11.2 Å². The lowest BCUT2D eigenvalue weighted by Gasteiger charge is -2.10. The molecule has 1 N–H and O–H groups in total. The van der Waals surface area contributed by atoms with Gasteiger partial charge >= 0.3 is 0 Å². The van der Waals surface area contributed by atoms with Crippen LogP contribution in [-0.4, -0.2) is 40.7 Å². The summed E-state index contributed by atoms with van der Waals surface area (Å²) in [5, 5.41) is 3.71. The molecule has 1 amide bonds. The number of hydrogen-bond acceptors (Lipinski definition) is 6. The minimum atomic E-state index is -0.124. The standard InChI is InChI=1S/C23H24N4O3S/c1-5-14(2)25-22(28)21-20(15-9-7-6-8-10-15)26-23(31-21)27-13-24-16-11-18(29-3)19(30-4)12-17(16)27/h6-14H,5H2,1-4H3,(H,25,28). The summed E-state index contributed by atoms with van der Waals surface area (Å²) < 4.78 is 12.7. The largest absolute Gasteiger partial charge is 0.493 e. The molecule has 2 aromatic heterocycles. The number of rotatable bonds is 7. The summed E-state index contributed by atoms with van der Waals surface area (Å²) in [5.74, 6) is 1.09. The van der Waals surface area contributed by atoms with Gasteiger partial charge in [-0.3, -0.25) is 9.36 Å². The molecule has 2 aromatic carbocycles. The quantitative estimate of drug-likeness (QED) is 0.455. The molecule has 0 aliphatic heterocycles. The lowest BCUT2D eigenvalue weighted by Crippen LogP contribution is -2.31. The van der Waals surface area contributed by atoms with Gasteiger partial charge in [-0.25, -0.2) is 9.97 Å². The maximum absolute atomic E-state index is 13.0. The van der Waals surface area contributed by atoms with E-state index in [9.17, 15) is 4.79 Å². The fourth-order valence-electron chi connectivity index (χ4n) is 3.24. The molecule has 0 radical (unpaired) electrons. The van der Waals surface area contributed by atoms with Crippen molar-refractivity contribution in [2.24, 2.45) is 0 Å². The number of amides is 1. The number of carbonyl (C=O) groups excluding carboxylic acids is 1. The van der Waals surface area contributed by atoms with Crippen LogP contribution in [0.3, 0.4) is 0 Å². The first-order chi connectivity index (χ1) is 15.0. The fraction of sp³-hybridized carbons (Fsp3) is 0.261. The first-order valence-electron chi connectivity index (χ1n) is 10.0. The van der Waals surface area contributed by atoms with Gasteiger partial charge in [-0.2, -0.15) is 0 Å². The molecule has 0 aliphatic carbocycles. The molecule has 0 saturated carbocycles. The Bertz CT molecular complexity index is 1220. The average molecular weight is 437 g/mol. The number of hydrogen-bond donors (Lipinski definition) is 1. The van der Waals surface area contributed by atoms with Crippen molar-refractivity contribution < 1.29 is 14.3 Å². The van der Waals surface area contributed by atoms with Gasteiger partial charge in [0.05, 0.1) is 30.9 Å². The highest BCUT2D eigenvalue weighted by atomic mass is 32.1. The third kappa shape index (κ3) is 3.98. The number of imidazole rings is 1. The predicted octanol–water partition coefficient (Wildman–Crippen LogP) is 4.69. The Morgan fingerprint density at radius 2 is 1.87 bits per heavy atom. The van der Waals surface area contributed by atoms with E-state index in [1.54, 1.807) is 20.5 Å². The van der Waals surface area contributed by atoms with Crippen LogP contribution in [-0.2, 0) is 0 Å². The number of carbonyl (C=O) groups is 1. The van der Waals surface area contributed by atoms with Gasteiger partial charge in [-0.15, -0.1) is 0 Å². The highest BCUT2D eigenvalue weighted by Crippen LogP contribution is 2.35. The van der Waals surface area contributed by atoms with Crippen LogP contribution in [0.15, 0.2) is 48.8 Å². The van der Waals surface area contributed by atoms with Gasteiger partial charge in [-0.05, 0) is 13.3 Å². The van der Waals surface area contributed by atoms with E-state index in [4.69, 9.17) is 14.5 Å². The lowest BCUT2D eigenvalue weighted by molar-refractivity contribution is 0.0944. The maximum Gasteiger partial charge on any atom is 0.263 e. The number of thiazole rings is 1. The molecule has 160 valence electrons. The summed E-state index contributed by atoms with van der Waals surface area (Å²) in [6.45, 7) is 4.03. The smallest absolute Gasteiger partial charge is 0.263 e. The summed E-state index contributed by atoms with van der Waals surface area (Å²) in [4.78, 5) is 22.9. The third-order valence-corrected chi connectivity index (χ3v) is 6.17. The Labute approximate surface area is 184 Å². The molecule has 0 saturated heterocycles. The Morgan fingerprint density at radius 1 is 1.16 bits per heavy atom. The van der Waals surface area contributed by atoms with Gasteiger partial charge in [-0.1, -0.05) is 48.6 Å². The van der Waals surface area contributed by atoms with Gasteiger partial charge in [0.2, 0.25) is 0 Å². The molecule has 4 rings (SSSR count). The van der Waals surface area contributed by atoms with Crippen molar-refractivity contribution in [2.75, 3.05) is 14.2 Å². The topological polar surface area (TPSA) is 78.3 Å². The minimum Gasteiger partial charge on any atom is -0.493 e. The number of fused-ring (bicyclic) bond motifs is 1. The number of nitrogens with one attached hydrogen (secondary N) is 1. The van der Waals surface area contributed by atoms with E-state index < -0.39 is 0 Å². The van der Waals surface area contributed by atoms with Crippen molar-refractivity contribution in [1.29, 1.82) is 0 Å². The Kier molecular flexibility index (Phi) is 5.90. The SMILES string of the molecule is CCC(C)NC(=O)c1sc(-n2cnc3cc(OC)c(OC)cc32)nc1-c1ccccc1. The molecule has 1 unspecified atom stereocenters. The summed E-state index contributed by atoms with van der Waals surface area (Å²) in [6, 6.07) is 13.5. The second kappa shape index (κ2) is 8.77. The Morgan fingerprint density at radius 3 is 2.55 bits per heavy atom. The first-order valence-corrected chi connectivity index (χ1v) is 10.8. The summed E-state index contributed by atoms with van der Waals surface area (Å²) in [5.41, 5.74) is 3.12. The van der Waals surface area contributed by atoms with E-state index in [2.05, 4.69) is 10.3 Å². The van der Waals surface area contributed by atoms with E-state index in [0.717, 1.165) is 23.0 Å². The molecular formula is C23H24N4O3S. The van der Waals surface area contributed by atoms with Crippen molar-refractivity contribution in [3.05, 3.63) is 53.7 Å². The van der Waals surface area contributed by atoms with Gasteiger partial charge in [0.15, 0.2) is 16.6 Å². The molecular weight excluding hydrogens is 412 g/mol. The van der Waals surface area contributed by atoms with Crippen molar-refractivity contribution in [1.82, 2.24) is 19.9 Å². The molecule has 0 fully saturated rings. The Hall–Kier alpha value is -3.39. The van der Waals surface area contributed by atoms with Crippen LogP contribution in [0.5, 0.6) is 11.5 Å². The van der Waals surface area contributed by atoms with E-state index in [0.29, 0.717) is 27.2 Å². The summed E-state index contributed by atoms with van der Waals surface area (Å²) in [7, 11) is 3.19. The highest BCUT2D eigenvalue weighted by molar-refractivity contribution is 7.16. The first kappa shape index (κ1) is 20.9. The molecule has 4 aromatic rings. The van der Waals surface area contributed by atoms with Crippen LogP contribution in [0.4, 0.5) is 0 Å². The highest BCUT2D eigenvalue weighted by Gasteiger charge is 2.22. The van der Waals surface area contributed by atoms with Crippen LogP contribution in [0.1, 0.15) is 29.9 Å². The second-order valence-electron chi connectivity index (χ2n) is 7.13. The molecule has 2 heterocycles. The normalized spacial score (nSPS) is 12.0.